The van der Waals surface area contributed by atoms with Gasteiger partial charge in [-0.15, -0.1) is 0 Å². The van der Waals surface area contributed by atoms with Gasteiger partial charge in [-0.2, -0.15) is 4.98 Å². The summed E-state index contributed by atoms with van der Waals surface area (Å²) in [7, 11) is 0. The van der Waals surface area contributed by atoms with E-state index in [9.17, 15) is 8.78 Å². The fourth-order valence-corrected chi connectivity index (χ4v) is 4.07. The summed E-state index contributed by atoms with van der Waals surface area (Å²) in [5, 5.41) is -0.603. The Hall–Kier alpha value is -1.31. The molecule has 9 heteroatoms. The van der Waals surface area contributed by atoms with Crippen molar-refractivity contribution in [2.75, 3.05) is 19.7 Å². The highest BCUT2D eigenvalue weighted by molar-refractivity contribution is 6.36. The molecule has 4 rings (SSSR count). The molecular formula is C15H14Cl2F2N4O. The first-order chi connectivity index (χ1) is 11.9. The van der Waals surface area contributed by atoms with E-state index in [2.05, 4.69) is 19.9 Å². The minimum Gasteiger partial charge on any atom is -0.461 e. The largest absolute Gasteiger partial charge is 0.461 e. The molecule has 2 aromatic rings. The molecule has 2 fully saturated rings. The van der Waals surface area contributed by atoms with Crippen LogP contribution in [0.4, 0.5) is 8.78 Å². The van der Waals surface area contributed by atoms with E-state index in [1.54, 1.807) is 0 Å². The highest BCUT2D eigenvalue weighted by Crippen LogP contribution is 2.40. The molecule has 24 heavy (non-hydrogen) atoms. The van der Waals surface area contributed by atoms with Crippen molar-refractivity contribution in [1.82, 2.24) is 19.9 Å². The van der Waals surface area contributed by atoms with Crippen LogP contribution in [0.2, 0.25) is 10.3 Å². The van der Waals surface area contributed by atoms with Crippen LogP contribution in [0.5, 0.6) is 6.01 Å². The maximum absolute atomic E-state index is 14.2. The molecule has 2 saturated heterocycles. The van der Waals surface area contributed by atoms with Crippen LogP contribution >= 0.6 is 23.2 Å². The van der Waals surface area contributed by atoms with Gasteiger partial charge in [0.1, 0.15) is 23.4 Å². The number of hydrogen-bond acceptors (Lipinski definition) is 5. The van der Waals surface area contributed by atoms with Gasteiger partial charge in [0.25, 0.3) is 0 Å². The molecule has 2 aromatic heterocycles. The van der Waals surface area contributed by atoms with Gasteiger partial charge in [-0.25, -0.2) is 18.7 Å². The molecule has 2 atom stereocenters. The molecule has 5 nitrogen and oxygen atoms in total. The summed E-state index contributed by atoms with van der Waals surface area (Å²) in [5.41, 5.74) is -0.595. The van der Waals surface area contributed by atoms with Gasteiger partial charge >= 0.3 is 6.01 Å². The molecule has 0 unspecified atom stereocenters. The molecular weight excluding hydrogens is 361 g/mol. The third kappa shape index (κ3) is 2.59. The van der Waals surface area contributed by atoms with Crippen LogP contribution in [0.1, 0.15) is 20.6 Å². The second kappa shape index (κ2) is 5.89. The Morgan fingerprint density at radius 3 is 3.08 bits per heavy atom. The number of rotatable bonds is 3. The SMILES string of the molecule is [2H]c1nc(OC[C@@]23CCCN2C[C@H](F)C3)nc2c(F)c(Cl)nc(Cl)c12. The zero-order chi connectivity index (χ0) is 17.8. The highest BCUT2D eigenvalue weighted by atomic mass is 35.5. The van der Waals surface area contributed by atoms with Crippen molar-refractivity contribution >= 4 is 34.1 Å². The lowest BCUT2D eigenvalue weighted by Gasteiger charge is -2.30. The Morgan fingerprint density at radius 2 is 2.25 bits per heavy atom. The molecule has 0 aromatic carbocycles. The van der Waals surface area contributed by atoms with Gasteiger partial charge in [0.15, 0.2) is 11.0 Å². The number of halogens is 4. The molecule has 0 saturated carbocycles. The summed E-state index contributed by atoms with van der Waals surface area (Å²) in [5.74, 6) is -0.882. The number of fused-ring (bicyclic) bond motifs is 2. The van der Waals surface area contributed by atoms with E-state index < -0.39 is 17.1 Å². The first-order valence-corrected chi connectivity index (χ1v) is 8.36. The lowest BCUT2D eigenvalue weighted by atomic mass is 9.95. The van der Waals surface area contributed by atoms with Crippen LogP contribution in [0.15, 0.2) is 6.17 Å². The second-order valence-electron chi connectivity index (χ2n) is 6.21. The van der Waals surface area contributed by atoms with E-state index in [0.29, 0.717) is 13.0 Å². The maximum atomic E-state index is 14.2. The van der Waals surface area contributed by atoms with Gasteiger partial charge in [0, 0.05) is 19.1 Å². The molecule has 4 heterocycles. The van der Waals surface area contributed by atoms with Crippen molar-refractivity contribution in [2.45, 2.75) is 31.0 Å². The molecule has 2 aliphatic heterocycles. The smallest absolute Gasteiger partial charge is 0.317 e. The quantitative estimate of drug-likeness (QED) is 0.769. The summed E-state index contributed by atoms with van der Waals surface area (Å²) < 4.78 is 41.6. The number of aromatic nitrogens is 3. The third-order valence-corrected chi connectivity index (χ3v) is 5.25. The van der Waals surface area contributed by atoms with Gasteiger partial charge in [0.2, 0.25) is 0 Å². The summed E-state index contributed by atoms with van der Waals surface area (Å²) >= 11 is 11.6. The number of pyridine rings is 1. The topological polar surface area (TPSA) is 51.1 Å². The first kappa shape index (κ1) is 15.0. The van der Waals surface area contributed by atoms with E-state index >= 15 is 0 Å². The lowest BCUT2D eigenvalue weighted by molar-refractivity contribution is 0.107. The molecule has 2 aliphatic rings. The monoisotopic (exact) mass is 375 g/mol. The minimum absolute atomic E-state index is 0.0266. The Morgan fingerprint density at radius 1 is 1.42 bits per heavy atom. The van der Waals surface area contributed by atoms with Gasteiger partial charge in [-0.05, 0) is 19.4 Å². The Balaban J connectivity index is 1.65. The van der Waals surface area contributed by atoms with Crippen molar-refractivity contribution in [1.29, 1.82) is 0 Å². The molecule has 0 radical (unpaired) electrons. The lowest BCUT2D eigenvalue weighted by Crippen LogP contribution is -2.43. The summed E-state index contributed by atoms with van der Waals surface area (Å²) in [6, 6.07) is -0.154. The molecule has 0 aliphatic carbocycles. The highest BCUT2D eigenvalue weighted by Gasteiger charge is 2.49. The standard InChI is InChI=1S/C15H14Cl2F2N4O/c16-12-9-5-20-14(21-11(9)10(19)13(17)22-12)24-7-15-2-1-3-23(15)6-8(18)4-15/h5,8H,1-4,6-7H2/t8-,15+/m1/s1/i5D. The van der Waals surface area contributed by atoms with E-state index in [0.717, 1.165) is 19.4 Å². The zero-order valence-corrected chi connectivity index (χ0v) is 14.0. The van der Waals surface area contributed by atoms with Gasteiger partial charge in [-0.1, -0.05) is 23.2 Å². The van der Waals surface area contributed by atoms with Crippen molar-refractivity contribution in [3.63, 3.8) is 0 Å². The van der Waals surface area contributed by atoms with Gasteiger partial charge in [0.05, 0.1) is 12.3 Å². The van der Waals surface area contributed by atoms with Crippen LogP contribution in [0, 0.1) is 5.82 Å². The summed E-state index contributed by atoms with van der Waals surface area (Å²) in [6.07, 6.45) is 1.01. The van der Waals surface area contributed by atoms with E-state index in [1.807, 2.05) is 0 Å². The van der Waals surface area contributed by atoms with Gasteiger partial charge < -0.3 is 4.74 Å². The average molecular weight is 376 g/mol. The van der Waals surface area contributed by atoms with Crippen LogP contribution in [0.25, 0.3) is 10.9 Å². The zero-order valence-electron chi connectivity index (χ0n) is 13.5. The Kier molecular flexibility index (Phi) is 3.68. The Bertz CT molecular complexity index is 858. The normalized spacial score (nSPS) is 27.5. The number of hydrogen-bond donors (Lipinski definition) is 0. The van der Waals surface area contributed by atoms with Crippen molar-refractivity contribution < 1.29 is 14.9 Å². The molecule has 0 N–H and O–H groups in total. The van der Waals surface area contributed by atoms with Gasteiger partial charge in [-0.3, -0.25) is 4.90 Å². The summed E-state index contributed by atoms with van der Waals surface area (Å²) in [4.78, 5) is 13.6. The molecule has 0 amide bonds. The van der Waals surface area contributed by atoms with Crippen LogP contribution in [0.3, 0.4) is 0 Å². The van der Waals surface area contributed by atoms with Crippen molar-refractivity contribution in [3.8, 4) is 6.01 Å². The second-order valence-corrected chi connectivity index (χ2v) is 6.93. The predicted octanol–water partition coefficient (Wildman–Crippen LogP) is 3.43. The van der Waals surface area contributed by atoms with E-state index in [1.165, 1.54) is 0 Å². The predicted molar refractivity (Wildman–Crippen MR) is 85.9 cm³/mol. The van der Waals surface area contributed by atoms with Crippen LogP contribution in [-0.4, -0.2) is 51.3 Å². The summed E-state index contributed by atoms with van der Waals surface area (Å²) in [6.45, 7) is 1.42. The van der Waals surface area contributed by atoms with Crippen LogP contribution < -0.4 is 4.74 Å². The minimum atomic E-state index is -0.882. The number of nitrogens with zero attached hydrogens (tertiary/aromatic N) is 4. The third-order valence-electron chi connectivity index (χ3n) is 4.73. The van der Waals surface area contributed by atoms with Crippen LogP contribution in [-0.2, 0) is 0 Å². The Labute approximate surface area is 148 Å². The van der Waals surface area contributed by atoms with Crippen molar-refractivity contribution in [3.05, 3.63) is 22.3 Å². The first-order valence-electron chi connectivity index (χ1n) is 8.10. The molecule has 0 spiro atoms. The maximum Gasteiger partial charge on any atom is 0.317 e. The van der Waals surface area contributed by atoms with Crippen molar-refractivity contribution in [2.24, 2.45) is 0 Å². The number of ether oxygens (including phenoxy) is 1. The molecule has 128 valence electrons. The fraction of sp³-hybridized carbons (Fsp3) is 0.533. The average Bonchev–Trinajstić information content (AvgIpc) is 3.06. The van der Waals surface area contributed by atoms with E-state index in [-0.39, 0.29) is 40.4 Å². The fourth-order valence-electron chi connectivity index (χ4n) is 3.64. The molecule has 0 bridgehead atoms. The van der Waals surface area contributed by atoms with E-state index in [4.69, 9.17) is 29.3 Å². The number of alkyl halides is 1.